The zero-order chi connectivity index (χ0) is 17.9. The maximum absolute atomic E-state index is 5.89. The van der Waals surface area contributed by atoms with Crippen LogP contribution in [0.25, 0.3) is 22.7 Å². The fraction of sp³-hybridized carbons (Fsp3) is 0.0526. The molecule has 0 radical (unpaired) electrons. The summed E-state index contributed by atoms with van der Waals surface area (Å²) in [7, 11) is 0. The summed E-state index contributed by atoms with van der Waals surface area (Å²) < 4.78 is 5.76. The molecular formula is C19H13ClN4OS. The number of aromatic nitrogens is 3. The molecule has 0 atom stereocenters. The van der Waals surface area contributed by atoms with Gasteiger partial charge >= 0.3 is 0 Å². The highest BCUT2D eigenvalue weighted by atomic mass is 35.5. The van der Waals surface area contributed by atoms with Crippen LogP contribution in [0.1, 0.15) is 5.69 Å². The van der Waals surface area contributed by atoms with Gasteiger partial charge < -0.3 is 9.73 Å². The Morgan fingerprint density at radius 3 is 2.73 bits per heavy atom. The minimum Gasteiger partial charge on any atom is -0.434 e. The highest BCUT2D eigenvalue weighted by Gasteiger charge is 2.10. The molecule has 0 fully saturated rings. The van der Waals surface area contributed by atoms with Crippen LogP contribution in [0.3, 0.4) is 0 Å². The van der Waals surface area contributed by atoms with Crippen molar-refractivity contribution in [2.24, 2.45) is 0 Å². The maximum atomic E-state index is 5.89. The molecule has 7 heteroatoms. The van der Waals surface area contributed by atoms with Crippen LogP contribution >= 0.6 is 23.8 Å². The largest absolute Gasteiger partial charge is 0.434 e. The molecule has 0 spiro atoms. The topological polar surface area (TPSA) is 63.8 Å². The van der Waals surface area contributed by atoms with E-state index >= 15 is 0 Å². The van der Waals surface area contributed by atoms with Gasteiger partial charge in [-0.3, -0.25) is 4.98 Å². The van der Waals surface area contributed by atoms with Gasteiger partial charge in [0.25, 0.3) is 0 Å². The molecule has 26 heavy (non-hydrogen) atoms. The van der Waals surface area contributed by atoms with Crippen LogP contribution < -0.4 is 5.32 Å². The van der Waals surface area contributed by atoms with Crippen LogP contribution in [-0.2, 0) is 6.42 Å². The lowest BCUT2D eigenvalue weighted by Gasteiger charge is -2.08. The first-order chi connectivity index (χ1) is 12.7. The van der Waals surface area contributed by atoms with Crippen LogP contribution in [0.15, 0.2) is 65.3 Å². The van der Waals surface area contributed by atoms with Crippen molar-refractivity contribution in [1.29, 1.82) is 0 Å². The van der Waals surface area contributed by atoms with E-state index in [0.717, 1.165) is 16.9 Å². The van der Waals surface area contributed by atoms with Crippen LogP contribution in [0.5, 0.6) is 0 Å². The van der Waals surface area contributed by atoms with Crippen molar-refractivity contribution in [3.63, 3.8) is 0 Å². The molecule has 0 bridgehead atoms. The number of pyridine rings is 2. The van der Waals surface area contributed by atoms with Crippen LogP contribution in [0, 0.1) is 0 Å². The van der Waals surface area contributed by atoms with Crippen LogP contribution in [-0.4, -0.2) is 19.9 Å². The lowest BCUT2D eigenvalue weighted by molar-refractivity contribution is 0.619. The molecule has 3 aromatic heterocycles. The number of nitrogens with one attached hydrogen (secondary N) is 1. The molecule has 5 nitrogen and oxygen atoms in total. The van der Waals surface area contributed by atoms with Gasteiger partial charge in [0.1, 0.15) is 0 Å². The monoisotopic (exact) mass is 380 g/mol. The van der Waals surface area contributed by atoms with E-state index in [0.29, 0.717) is 33.6 Å². The quantitative estimate of drug-likeness (QED) is 0.507. The number of fused-ring (bicyclic) bond motifs is 1. The van der Waals surface area contributed by atoms with Gasteiger partial charge in [0, 0.05) is 40.8 Å². The fourth-order valence-corrected chi connectivity index (χ4v) is 2.89. The Morgan fingerprint density at radius 1 is 1.08 bits per heavy atom. The van der Waals surface area contributed by atoms with Crippen molar-refractivity contribution >= 4 is 45.7 Å². The van der Waals surface area contributed by atoms with Gasteiger partial charge in [0.2, 0.25) is 5.89 Å². The Hall–Kier alpha value is -2.83. The highest BCUT2D eigenvalue weighted by Crippen LogP contribution is 2.23. The third-order valence-corrected chi connectivity index (χ3v) is 4.20. The molecule has 0 saturated heterocycles. The van der Waals surface area contributed by atoms with Gasteiger partial charge in [-0.2, -0.15) is 4.98 Å². The van der Waals surface area contributed by atoms with E-state index in [1.807, 2.05) is 48.5 Å². The second-order valence-corrected chi connectivity index (χ2v) is 6.54. The Morgan fingerprint density at radius 2 is 1.92 bits per heavy atom. The van der Waals surface area contributed by atoms with E-state index in [1.54, 1.807) is 12.4 Å². The Kier molecular flexibility index (Phi) is 4.60. The first-order valence-electron chi connectivity index (χ1n) is 7.90. The minimum absolute atomic E-state index is 0.504. The molecule has 128 valence electrons. The molecule has 0 unspecified atom stereocenters. The summed E-state index contributed by atoms with van der Waals surface area (Å²) in [6.07, 6.45) is 3.91. The summed E-state index contributed by atoms with van der Waals surface area (Å²) in [5.41, 5.74) is 3.79. The van der Waals surface area contributed by atoms with Crippen LogP contribution in [0.4, 0.5) is 5.69 Å². The van der Waals surface area contributed by atoms with E-state index in [-0.39, 0.29) is 0 Å². The zero-order valence-electron chi connectivity index (χ0n) is 13.5. The number of thiocarbonyl (C=S) groups is 1. The predicted octanol–water partition coefficient (Wildman–Crippen LogP) is 4.92. The molecule has 0 saturated carbocycles. The van der Waals surface area contributed by atoms with Gasteiger partial charge in [0.15, 0.2) is 11.2 Å². The number of benzene rings is 1. The number of oxazole rings is 1. The van der Waals surface area contributed by atoms with Gasteiger partial charge in [0.05, 0.1) is 4.99 Å². The number of halogens is 1. The summed E-state index contributed by atoms with van der Waals surface area (Å²) in [6, 6.07) is 14.8. The number of rotatable bonds is 4. The van der Waals surface area contributed by atoms with Crippen molar-refractivity contribution in [2.75, 3.05) is 5.32 Å². The van der Waals surface area contributed by atoms with E-state index in [2.05, 4.69) is 20.3 Å². The number of anilines is 1. The summed E-state index contributed by atoms with van der Waals surface area (Å²) in [5.74, 6) is 0.513. The number of nitrogens with zero attached hydrogens (tertiary/aromatic N) is 3. The van der Waals surface area contributed by atoms with Gasteiger partial charge in [-0.1, -0.05) is 23.8 Å². The van der Waals surface area contributed by atoms with Gasteiger partial charge in [-0.15, -0.1) is 0 Å². The fourth-order valence-electron chi connectivity index (χ4n) is 2.50. The third-order valence-electron chi connectivity index (χ3n) is 3.70. The number of hydrogen-bond acceptors (Lipinski definition) is 5. The Bertz CT molecular complexity index is 1050. The highest BCUT2D eigenvalue weighted by molar-refractivity contribution is 7.80. The summed E-state index contributed by atoms with van der Waals surface area (Å²) in [5, 5.41) is 3.87. The minimum atomic E-state index is 0.504. The van der Waals surface area contributed by atoms with E-state index in [1.165, 1.54) is 0 Å². The first-order valence-corrected chi connectivity index (χ1v) is 8.68. The summed E-state index contributed by atoms with van der Waals surface area (Å²) in [4.78, 5) is 13.6. The smallest absolute Gasteiger partial charge is 0.229 e. The maximum Gasteiger partial charge on any atom is 0.229 e. The second kappa shape index (κ2) is 7.19. The van der Waals surface area contributed by atoms with Crippen molar-refractivity contribution in [1.82, 2.24) is 15.0 Å². The molecule has 0 aliphatic heterocycles. The van der Waals surface area contributed by atoms with E-state index in [4.69, 9.17) is 28.2 Å². The first kappa shape index (κ1) is 16.6. The number of hydrogen-bond donors (Lipinski definition) is 1. The standard InChI is InChI=1S/C19H13ClN4OS/c20-13-3-5-14(6-4-13)23-17(26)11-15-10-12(7-9-21-15)19-24-18-16(25-19)2-1-8-22-18/h1-10H,11H2,(H,23,26). The zero-order valence-corrected chi connectivity index (χ0v) is 15.1. The molecular weight excluding hydrogens is 368 g/mol. The van der Waals surface area contributed by atoms with E-state index < -0.39 is 0 Å². The summed E-state index contributed by atoms with van der Waals surface area (Å²) >= 11 is 11.3. The lowest BCUT2D eigenvalue weighted by Crippen LogP contribution is -2.12. The van der Waals surface area contributed by atoms with Crippen molar-refractivity contribution in [2.45, 2.75) is 6.42 Å². The molecule has 0 aliphatic rings. The predicted molar refractivity (Wildman–Crippen MR) is 106 cm³/mol. The Labute approximate surface area is 160 Å². The summed E-state index contributed by atoms with van der Waals surface area (Å²) in [6.45, 7) is 0. The third kappa shape index (κ3) is 3.71. The molecule has 4 rings (SSSR count). The normalized spacial score (nSPS) is 10.8. The average Bonchev–Trinajstić information content (AvgIpc) is 3.08. The molecule has 4 aromatic rings. The molecule has 0 aliphatic carbocycles. The average molecular weight is 381 g/mol. The van der Waals surface area contributed by atoms with Gasteiger partial charge in [-0.25, -0.2) is 4.98 Å². The van der Waals surface area contributed by atoms with Crippen molar-refractivity contribution in [3.05, 3.63) is 71.6 Å². The molecule has 3 heterocycles. The Balaban J connectivity index is 1.51. The second-order valence-electron chi connectivity index (χ2n) is 5.61. The lowest BCUT2D eigenvalue weighted by atomic mass is 10.2. The van der Waals surface area contributed by atoms with Crippen LogP contribution in [0.2, 0.25) is 5.02 Å². The van der Waals surface area contributed by atoms with E-state index in [9.17, 15) is 0 Å². The van der Waals surface area contributed by atoms with Crippen molar-refractivity contribution < 1.29 is 4.42 Å². The molecule has 0 amide bonds. The SMILES string of the molecule is S=C(Cc1cc(-c2nc3ncccc3o2)ccn1)Nc1ccc(Cl)cc1. The molecule has 1 N–H and O–H groups in total. The van der Waals surface area contributed by atoms with Crippen molar-refractivity contribution in [3.8, 4) is 11.5 Å². The molecule has 1 aromatic carbocycles. The van der Waals surface area contributed by atoms with Gasteiger partial charge in [-0.05, 0) is 48.5 Å².